The van der Waals surface area contributed by atoms with E-state index >= 15 is 0 Å². The van der Waals surface area contributed by atoms with Crippen molar-refractivity contribution in [1.82, 2.24) is 10.3 Å². The summed E-state index contributed by atoms with van der Waals surface area (Å²) in [5.41, 5.74) is -0.133. The molecule has 0 saturated heterocycles. The van der Waals surface area contributed by atoms with Gasteiger partial charge in [0.25, 0.3) is 5.91 Å². The summed E-state index contributed by atoms with van der Waals surface area (Å²) in [6, 6.07) is 7.28. The van der Waals surface area contributed by atoms with Crippen molar-refractivity contribution in [1.29, 1.82) is 0 Å². The van der Waals surface area contributed by atoms with Crippen molar-refractivity contribution >= 4 is 5.91 Å². The second-order valence-electron chi connectivity index (χ2n) is 4.85. The molecule has 0 saturated carbocycles. The first-order valence-electron chi connectivity index (χ1n) is 6.79. The Labute approximate surface area is 131 Å². The van der Waals surface area contributed by atoms with Gasteiger partial charge >= 0.3 is 6.18 Å². The normalized spacial score (nSPS) is 12.7. The third-order valence-electron chi connectivity index (χ3n) is 3.18. The molecule has 2 rings (SSSR count). The molecular weight excluding hydrogens is 309 g/mol. The maximum Gasteiger partial charge on any atom is 0.416 e. The van der Waals surface area contributed by atoms with Crippen molar-refractivity contribution < 1.29 is 22.7 Å². The Morgan fingerprint density at radius 1 is 1.30 bits per heavy atom. The van der Waals surface area contributed by atoms with E-state index in [4.69, 9.17) is 4.74 Å². The van der Waals surface area contributed by atoms with E-state index in [9.17, 15) is 18.0 Å². The van der Waals surface area contributed by atoms with Gasteiger partial charge in [-0.25, -0.2) is 0 Å². The van der Waals surface area contributed by atoms with Gasteiger partial charge < -0.3 is 10.1 Å². The van der Waals surface area contributed by atoms with Crippen molar-refractivity contribution in [2.24, 2.45) is 0 Å². The number of carbonyl (C=O) groups is 1. The molecule has 4 nitrogen and oxygen atoms in total. The fraction of sp³-hybridized carbons (Fsp3) is 0.250. The average Bonchev–Trinajstić information content (AvgIpc) is 2.54. The maximum absolute atomic E-state index is 12.8. The van der Waals surface area contributed by atoms with Gasteiger partial charge in [-0.05, 0) is 29.8 Å². The number of pyridine rings is 1. The van der Waals surface area contributed by atoms with Crippen LogP contribution in [0.4, 0.5) is 13.2 Å². The van der Waals surface area contributed by atoms with Crippen LogP contribution < -0.4 is 5.32 Å². The van der Waals surface area contributed by atoms with Crippen LogP contribution in [0.1, 0.15) is 27.5 Å². The number of hydrogen-bond acceptors (Lipinski definition) is 3. The van der Waals surface area contributed by atoms with E-state index in [0.717, 1.165) is 12.1 Å². The van der Waals surface area contributed by atoms with Crippen LogP contribution in [-0.2, 0) is 10.9 Å². The number of ether oxygens (including phenoxy) is 1. The number of nitrogens with zero attached hydrogens (tertiary/aromatic N) is 1. The SMILES string of the molecule is COC[C@@H](NC(=O)c1cccnc1)c1cccc(C(F)(F)F)c1. The third-order valence-corrected chi connectivity index (χ3v) is 3.18. The zero-order valence-electron chi connectivity index (χ0n) is 12.3. The number of halogens is 3. The number of amides is 1. The Hall–Kier alpha value is -2.41. The second-order valence-corrected chi connectivity index (χ2v) is 4.85. The van der Waals surface area contributed by atoms with Gasteiger partial charge in [0.2, 0.25) is 0 Å². The fourth-order valence-corrected chi connectivity index (χ4v) is 2.06. The largest absolute Gasteiger partial charge is 0.416 e. The molecule has 122 valence electrons. The summed E-state index contributed by atoms with van der Waals surface area (Å²) in [4.78, 5) is 16.0. The summed E-state index contributed by atoms with van der Waals surface area (Å²) in [5, 5.41) is 2.66. The van der Waals surface area contributed by atoms with Gasteiger partial charge in [0.05, 0.1) is 23.8 Å². The van der Waals surface area contributed by atoms with E-state index in [1.54, 1.807) is 12.1 Å². The van der Waals surface area contributed by atoms with Crippen molar-refractivity contribution in [2.45, 2.75) is 12.2 Å². The highest BCUT2D eigenvalue weighted by molar-refractivity contribution is 5.94. The van der Waals surface area contributed by atoms with Crippen LogP contribution in [0.2, 0.25) is 0 Å². The minimum absolute atomic E-state index is 0.0489. The highest BCUT2D eigenvalue weighted by Crippen LogP contribution is 2.30. The Kier molecular flexibility index (Phi) is 5.33. The molecule has 1 heterocycles. The Balaban J connectivity index is 2.23. The van der Waals surface area contributed by atoms with Gasteiger partial charge in [0.15, 0.2) is 0 Å². The number of alkyl halides is 3. The number of benzene rings is 1. The van der Waals surface area contributed by atoms with Crippen LogP contribution in [0.5, 0.6) is 0 Å². The molecule has 0 aliphatic heterocycles. The molecule has 0 fully saturated rings. The van der Waals surface area contributed by atoms with Crippen molar-refractivity contribution in [3.05, 3.63) is 65.5 Å². The first-order valence-corrected chi connectivity index (χ1v) is 6.79. The molecule has 0 aliphatic rings. The minimum Gasteiger partial charge on any atom is -0.382 e. The van der Waals surface area contributed by atoms with Crippen molar-refractivity contribution in [3.8, 4) is 0 Å². The number of nitrogens with one attached hydrogen (secondary N) is 1. The standard InChI is InChI=1S/C16H15F3N2O2/c1-23-10-14(21-15(22)12-5-3-7-20-9-12)11-4-2-6-13(8-11)16(17,18)19/h2-9,14H,10H2,1H3,(H,21,22)/t14-/m1/s1. The van der Waals surface area contributed by atoms with Crippen LogP contribution in [0, 0.1) is 0 Å². The van der Waals surface area contributed by atoms with Gasteiger partial charge in [-0.15, -0.1) is 0 Å². The summed E-state index contributed by atoms with van der Waals surface area (Å²) in [7, 11) is 1.41. The Bertz CT molecular complexity index is 660. The Morgan fingerprint density at radius 2 is 2.09 bits per heavy atom. The van der Waals surface area contributed by atoms with Gasteiger partial charge in [-0.3, -0.25) is 9.78 Å². The van der Waals surface area contributed by atoms with Gasteiger partial charge in [0.1, 0.15) is 0 Å². The summed E-state index contributed by atoms with van der Waals surface area (Å²) in [5.74, 6) is -0.433. The van der Waals surface area contributed by atoms with E-state index in [1.807, 2.05) is 0 Å². The lowest BCUT2D eigenvalue weighted by atomic mass is 10.0. The molecule has 0 bridgehead atoms. The lowest BCUT2D eigenvalue weighted by Gasteiger charge is -2.19. The number of aromatic nitrogens is 1. The molecule has 1 N–H and O–H groups in total. The monoisotopic (exact) mass is 324 g/mol. The maximum atomic E-state index is 12.8. The summed E-state index contributed by atoms with van der Waals surface area (Å²) in [6.07, 6.45) is -1.54. The van der Waals surface area contributed by atoms with Crippen LogP contribution in [0.3, 0.4) is 0 Å². The van der Waals surface area contributed by atoms with E-state index in [-0.39, 0.29) is 6.61 Å². The summed E-state index contributed by atoms with van der Waals surface area (Å²) >= 11 is 0. The zero-order chi connectivity index (χ0) is 16.9. The van der Waals surface area contributed by atoms with Gasteiger partial charge in [0, 0.05) is 19.5 Å². The van der Waals surface area contributed by atoms with Crippen molar-refractivity contribution in [3.63, 3.8) is 0 Å². The predicted octanol–water partition coefficient (Wildman–Crippen LogP) is 3.22. The average molecular weight is 324 g/mol. The van der Waals surface area contributed by atoms with Crippen LogP contribution >= 0.6 is 0 Å². The van der Waals surface area contributed by atoms with Crippen molar-refractivity contribution in [2.75, 3.05) is 13.7 Å². The topological polar surface area (TPSA) is 51.2 Å². The molecule has 0 unspecified atom stereocenters. The van der Waals surface area contributed by atoms with Gasteiger partial charge in [-0.1, -0.05) is 12.1 Å². The fourth-order valence-electron chi connectivity index (χ4n) is 2.06. The number of hydrogen-bond donors (Lipinski definition) is 1. The lowest BCUT2D eigenvalue weighted by molar-refractivity contribution is -0.137. The molecule has 1 atom stereocenters. The zero-order valence-corrected chi connectivity index (χ0v) is 12.3. The number of carbonyl (C=O) groups excluding carboxylic acids is 1. The molecule has 0 aliphatic carbocycles. The van der Waals surface area contributed by atoms with Gasteiger partial charge in [-0.2, -0.15) is 13.2 Å². The smallest absolute Gasteiger partial charge is 0.382 e. The van der Waals surface area contributed by atoms with E-state index in [2.05, 4.69) is 10.3 Å². The number of rotatable bonds is 5. The van der Waals surface area contributed by atoms with E-state index in [1.165, 1.54) is 31.6 Å². The lowest BCUT2D eigenvalue weighted by Crippen LogP contribution is -2.31. The van der Waals surface area contributed by atoms with E-state index in [0.29, 0.717) is 11.1 Å². The third kappa shape index (κ3) is 4.53. The van der Waals surface area contributed by atoms with Crippen LogP contribution in [0.15, 0.2) is 48.8 Å². The Morgan fingerprint density at radius 3 is 2.70 bits per heavy atom. The first-order chi connectivity index (χ1) is 10.9. The van der Waals surface area contributed by atoms with Crippen LogP contribution in [-0.4, -0.2) is 24.6 Å². The predicted molar refractivity (Wildman–Crippen MR) is 77.8 cm³/mol. The number of methoxy groups -OCH3 is 1. The van der Waals surface area contributed by atoms with Crippen LogP contribution in [0.25, 0.3) is 0 Å². The van der Waals surface area contributed by atoms with E-state index < -0.39 is 23.7 Å². The first kappa shape index (κ1) is 17.0. The highest BCUT2D eigenvalue weighted by Gasteiger charge is 2.31. The molecule has 23 heavy (non-hydrogen) atoms. The molecule has 1 aromatic carbocycles. The molecule has 1 aromatic heterocycles. The molecule has 1 amide bonds. The highest BCUT2D eigenvalue weighted by atomic mass is 19.4. The molecule has 2 aromatic rings. The summed E-state index contributed by atoms with van der Waals surface area (Å²) in [6.45, 7) is 0.0489. The molecule has 0 radical (unpaired) electrons. The molecule has 7 heteroatoms. The quantitative estimate of drug-likeness (QED) is 0.919. The minimum atomic E-state index is -4.44. The summed E-state index contributed by atoms with van der Waals surface area (Å²) < 4.78 is 43.5. The molecular formula is C16H15F3N2O2. The molecule has 0 spiro atoms. The second kappa shape index (κ2) is 7.23.